The molecule has 2 aliphatic heterocycles. The van der Waals surface area contributed by atoms with Crippen molar-refractivity contribution in [3.63, 3.8) is 0 Å². The molecule has 3 N–H and O–H groups in total. The normalized spacial score (nSPS) is 35.6. The SMILES string of the molecule is COC[C@H]1CCCN1[C@@H]1[C@H](O)[C@H](CO)O[C@@H]1CNC(=O)C1CCCC1.Cl. The summed E-state index contributed by atoms with van der Waals surface area (Å²) in [6.07, 6.45) is 4.60. The van der Waals surface area contributed by atoms with Crippen LogP contribution in [0.4, 0.5) is 0 Å². The van der Waals surface area contributed by atoms with Gasteiger partial charge >= 0.3 is 0 Å². The van der Waals surface area contributed by atoms with Crippen LogP contribution in [-0.2, 0) is 14.3 Å². The predicted octanol–water partition coefficient (Wildman–Crippen LogP) is 0.315. The lowest BCUT2D eigenvalue weighted by Crippen LogP contribution is -2.53. The van der Waals surface area contributed by atoms with Crippen molar-refractivity contribution in [3.05, 3.63) is 0 Å². The minimum Gasteiger partial charge on any atom is -0.394 e. The zero-order valence-electron chi connectivity index (χ0n) is 15.5. The Hall–Kier alpha value is -0.440. The highest BCUT2D eigenvalue weighted by molar-refractivity contribution is 5.85. The van der Waals surface area contributed by atoms with E-state index in [0.717, 1.165) is 45.1 Å². The van der Waals surface area contributed by atoms with E-state index in [1.54, 1.807) is 7.11 Å². The summed E-state index contributed by atoms with van der Waals surface area (Å²) in [5.41, 5.74) is 0. The zero-order chi connectivity index (χ0) is 17.8. The summed E-state index contributed by atoms with van der Waals surface area (Å²) in [6.45, 7) is 1.66. The molecule has 0 aromatic rings. The number of hydrogen-bond donors (Lipinski definition) is 3. The number of likely N-dealkylation sites (tertiary alicyclic amines) is 1. The van der Waals surface area contributed by atoms with Crippen molar-refractivity contribution < 1.29 is 24.5 Å². The Morgan fingerprint density at radius 3 is 2.62 bits per heavy atom. The molecule has 1 amide bonds. The first-order chi connectivity index (χ1) is 12.2. The minimum atomic E-state index is -0.754. The molecule has 0 aromatic heterocycles. The van der Waals surface area contributed by atoms with Crippen LogP contribution in [0.5, 0.6) is 0 Å². The maximum absolute atomic E-state index is 12.3. The number of carbonyl (C=O) groups excluding carboxylic acids is 1. The van der Waals surface area contributed by atoms with Crippen LogP contribution >= 0.6 is 12.4 Å². The molecule has 2 heterocycles. The second-order valence-electron chi connectivity index (χ2n) is 7.59. The number of amides is 1. The van der Waals surface area contributed by atoms with Crippen molar-refractivity contribution in [3.8, 4) is 0 Å². The van der Waals surface area contributed by atoms with Gasteiger partial charge in [-0.3, -0.25) is 9.69 Å². The van der Waals surface area contributed by atoms with Gasteiger partial charge in [-0.2, -0.15) is 0 Å². The summed E-state index contributed by atoms with van der Waals surface area (Å²) in [6, 6.07) is 0.0300. The van der Waals surface area contributed by atoms with E-state index in [2.05, 4.69) is 10.2 Å². The summed E-state index contributed by atoms with van der Waals surface area (Å²) in [4.78, 5) is 14.6. The molecule has 0 spiro atoms. The Morgan fingerprint density at radius 2 is 1.96 bits per heavy atom. The van der Waals surface area contributed by atoms with E-state index in [1.807, 2.05) is 0 Å². The molecule has 3 fully saturated rings. The van der Waals surface area contributed by atoms with E-state index in [4.69, 9.17) is 9.47 Å². The van der Waals surface area contributed by atoms with Crippen molar-refractivity contribution in [1.29, 1.82) is 0 Å². The first-order valence-corrected chi connectivity index (χ1v) is 9.62. The highest BCUT2D eigenvalue weighted by Gasteiger charge is 2.48. The van der Waals surface area contributed by atoms with E-state index in [0.29, 0.717) is 13.2 Å². The van der Waals surface area contributed by atoms with Crippen molar-refractivity contribution in [2.75, 3.05) is 33.4 Å². The first kappa shape index (κ1) is 21.9. The third-order valence-electron chi connectivity index (χ3n) is 6.01. The number of aliphatic hydroxyl groups excluding tert-OH is 2. The molecule has 1 aliphatic carbocycles. The van der Waals surface area contributed by atoms with Gasteiger partial charge in [0.1, 0.15) is 12.2 Å². The maximum atomic E-state index is 12.3. The van der Waals surface area contributed by atoms with Crippen molar-refractivity contribution in [2.24, 2.45) is 5.92 Å². The highest BCUT2D eigenvalue weighted by atomic mass is 35.5. The summed E-state index contributed by atoms with van der Waals surface area (Å²) in [7, 11) is 1.69. The van der Waals surface area contributed by atoms with Crippen LogP contribution in [0.25, 0.3) is 0 Å². The lowest BCUT2D eigenvalue weighted by molar-refractivity contribution is -0.125. The number of methoxy groups -OCH3 is 1. The van der Waals surface area contributed by atoms with Crippen LogP contribution in [0.2, 0.25) is 0 Å². The average Bonchev–Trinajstić information content (AvgIpc) is 3.33. The quantitative estimate of drug-likeness (QED) is 0.577. The number of carbonyl (C=O) groups is 1. The Bertz CT molecular complexity index is 449. The monoisotopic (exact) mass is 392 g/mol. The minimum absolute atomic E-state index is 0. The topological polar surface area (TPSA) is 91.3 Å². The van der Waals surface area contributed by atoms with E-state index in [9.17, 15) is 15.0 Å². The fraction of sp³-hybridized carbons (Fsp3) is 0.944. The van der Waals surface area contributed by atoms with Crippen LogP contribution in [0.3, 0.4) is 0 Å². The van der Waals surface area contributed by atoms with Gasteiger partial charge in [-0.1, -0.05) is 12.8 Å². The van der Waals surface area contributed by atoms with Gasteiger partial charge in [-0.15, -0.1) is 12.4 Å². The third kappa shape index (κ3) is 4.69. The van der Waals surface area contributed by atoms with Crippen LogP contribution in [0.15, 0.2) is 0 Å². The lowest BCUT2D eigenvalue weighted by atomic mass is 10.0. The van der Waals surface area contributed by atoms with Gasteiger partial charge in [-0.25, -0.2) is 0 Å². The number of rotatable bonds is 7. The summed E-state index contributed by atoms with van der Waals surface area (Å²) in [5, 5.41) is 23.2. The van der Waals surface area contributed by atoms with Crippen LogP contribution in [0, 0.1) is 5.92 Å². The summed E-state index contributed by atoms with van der Waals surface area (Å²) >= 11 is 0. The van der Waals surface area contributed by atoms with E-state index >= 15 is 0 Å². The summed E-state index contributed by atoms with van der Waals surface area (Å²) in [5.74, 6) is 0.211. The Morgan fingerprint density at radius 1 is 1.23 bits per heavy atom. The second kappa shape index (κ2) is 10.2. The predicted molar refractivity (Wildman–Crippen MR) is 99.4 cm³/mol. The number of ether oxygens (including phenoxy) is 2. The van der Waals surface area contributed by atoms with Gasteiger partial charge in [0.25, 0.3) is 0 Å². The van der Waals surface area contributed by atoms with Gasteiger partial charge in [0.05, 0.1) is 25.4 Å². The molecule has 0 aromatic carbocycles. The standard InChI is InChI=1S/C18H32N2O5.ClH/c1-24-11-13-7-4-8-20(13)16-14(25-15(10-21)17(16)22)9-19-18(23)12-5-2-3-6-12;/h12-17,21-22H,2-11H2,1H3,(H,19,23);1H/t13-,14-,15+,16+,17-;/m1./s1. The molecule has 8 heteroatoms. The fourth-order valence-electron chi connectivity index (χ4n) is 4.71. The van der Waals surface area contributed by atoms with E-state index < -0.39 is 12.2 Å². The van der Waals surface area contributed by atoms with Gasteiger partial charge in [0, 0.05) is 25.6 Å². The Kier molecular flexibility index (Phi) is 8.57. The number of nitrogens with zero attached hydrogens (tertiary/aromatic N) is 1. The van der Waals surface area contributed by atoms with Crippen molar-refractivity contribution >= 4 is 18.3 Å². The van der Waals surface area contributed by atoms with Gasteiger partial charge in [0.15, 0.2) is 0 Å². The van der Waals surface area contributed by atoms with Gasteiger partial charge in [-0.05, 0) is 32.2 Å². The number of aliphatic hydroxyl groups is 2. The zero-order valence-corrected chi connectivity index (χ0v) is 16.3. The lowest BCUT2D eigenvalue weighted by Gasteiger charge is -2.34. The van der Waals surface area contributed by atoms with E-state index in [1.165, 1.54) is 0 Å². The van der Waals surface area contributed by atoms with Crippen LogP contribution in [0.1, 0.15) is 38.5 Å². The highest BCUT2D eigenvalue weighted by Crippen LogP contribution is 2.31. The Balaban J connectivity index is 0.00000243. The first-order valence-electron chi connectivity index (χ1n) is 9.62. The number of hydrogen-bond acceptors (Lipinski definition) is 6. The fourth-order valence-corrected chi connectivity index (χ4v) is 4.71. The van der Waals surface area contributed by atoms with Crippen molar-refractivity contribution in [1.82, 2.24) is 10.2 Å². The molecular formula is C18H33ClN2O5. The molecule has 152 valence electrons. The van der Waals surface area contributed by atoms with Gasteiger partial charge in [0.2, 0.25) is 5.91 Å². The largest absolute Gasteiger partial charge is 0.394 e. The van der Waals surface area contributed by atoms with Crippen LogP contribution in [-0.4, -0.2) is 84.8 Å². The van der Waals surface area contributed by atoms with Crippen molar-refractivity contribution in [2.45, 2.75) is 68.9 Å². The molecule has 3 aliphatic rings. The molecule has 0 unspecified atom stereocenters. The third-order valence-corrected chi connectivity index (χ3v) is 6.01. The Labute approximate surface area is 161 Å². The van der Waals surface area contributed by atoms with Gasteiger partial charge < -0.3 is 25.0 Å². The molecular weight excluding hydrogens is 360 g/mol. The smallest absolute Gasteiger partial charge is 0.223 e. The molecule has 7 nitrogen and oxygen atoms in total. The number of halogens is 1. The number of nitrogens with one attached hydrogen (secondary N) is 1. The van der Waals surface area contributed by atoms with Crippen LogP contribution < -0.4 is 5.32 Å². The molecule has 26 heavy (non-hydrogen) atoms. The van der Waals surface area contributed by atoms with E-state index in [-0.39, 0.29) is 49.0 Å². The molecule has 0 radical (unpaired) electrons. The second-order valence-corrected chi connectivity index (χ2v) is 7.59. The molecule has 0 bridgehead atoms. The molecule has 5 atom stereocenters. The average molecular weight is 393 g/mol. The molecule has 1 saturated carbocycles. The molecule has 3 rings (SSSR count). The summed E-state index contributed by atoms with van der Waals surface area (Å²) < 4.78 is 11.2. The molecule has 2 saturated heterocycles. The maximum Gasteiger partial charge on any atom is 0.223 e.